The molecule has 2 aliphatic heterocycles. The predicted octanol–water partition coefficient (Wildman–Crippen LogP) is -0.350. The number of nitrogens with one attached hydrogen (secondary N) is 1. The Hall–Kier alpha value is -2.60. The van der Waals surface area contributed by atoms with Crippen molar-refractivity contribution in [1.82, 2.24) is 4.72 Å². The third-order valence-corrected chi connectivity index (χ3v) is 8.05. The molecule has 2 aromatic rings. The zero-order valence-electron chi connectivity index (χ0n) is 19.6. The minimum absolute atomic E-state index is 0.165. The van der Waals surface area contributed by atoms with E-state index in [4.69, 9.17) is 9.47 Å². The zero-order valence-corrected chi connectivity index (χ0v) is 20.4. The first-order valence-corrected chi connectivity index (χ1v) is 13.0. The second-order valence-electron chi connectivity index (χ2n) is 8.79. The number of allylic oxidation sites excluding steroid dienone is 2. The van der Waals surface area contributed by atoms with Crippen molar-refractivity contribution >= 4 is 32.1 Å². The van der Waals surface area contributed by atoms with Crippen LogP contribution in [0.1, 0.15) is 12.5 Å². The van der Waals surface area contributed by atoms with Crippen LogP contribution in [0.3, 0.4) is 0 Å². The molecule has 2 aliphatic rings. The lowest BCUT2D eigenvalue weighted by atomic mass is 9.98. The van der Waals surface area contributed by atoms with Crippen LogP contribution in [0.25, 0.3) is 16.3 Å². The highest BCUT2D eigenvalue weighted by Crippen LogP contribution is 2.29. The smallest absolute Gasteiger partial charge is 0.251 e. The fourth-order valence-electron chi connectivity index (χ4n) is 4.42. The Balaban J connectivity index is 1.61. The van der Waals surface area contributed by atoms with Gasteiger partial charge in [-0.15, -0.1) is 0 Å². The number of aliphatic hydroxyl groups is 4. The zero-order chi connectivity index (χ0) is 26.0. The third-order valence-electron chi connectivity index (χ3n) is 6.54. The van der Waals surface area contributed by atoms with Crippen LogP contribution in [0.5, 0.6) is 0 Å². The Kier molecular flexibility index (Phi) is 7.93. The topological polar surface area (TPSA) is 173 Å². The summed E-state index contributed by atoms with van der Waals surface area (Å²) in [5, 5.41) is 51.2. The minimum Gasteiger partial charge on any atom is -0.394 e. The molecule has 36 heavy (non-hydrogen) atoms. The van der Waals surface area contributed by atoms with Crippen LogP contribution < -0.4 is 9.62 Å². The van der Waals surface area contributed by atoms with E-state index in [2.05, 4.69) is 9.62 Å². The van der Waals surface area contributed by atoms with E-state index < -0.39 is 52.2 Å². The Bertz CT molecular complexity index is 1290. The Morgan fingerprint density at radius 3 is 2.44 bits per heavy atom. The second-order valence-corrected chi connectivity index (χ2v) is 10.4. The Morgan fingerprint density at radius 2 is 1.78 bits per heavy atom. The van der Waals surface area contributed by atoms with E-state index in [0.29, 0.717) is 18.8 Å². The molecule has 1 unspecified atom stereocenters. The molecule has 0 aromatic heterocycles. The van der Waals surface area contributed by atoms with E-state index in [-0.39, 0.29) is 5.57 Å². The number of nitriles is 1. The molecule has 194 valence electrons. The number of anilines is 1. The van der Waals surface area contributed by atoms with Crippen LogP contribution in [0.2, 0.25) is 0 Å². The summed E-state index contributed by atoms with van der Waals surface area (Å²) in [6, 6.07) is 11.3. The van der Waals surface area contributed by atoms with E-state index in [1.165, 1.54) is 6.92 Å². The molecule has 0 amide bonds. The number of aliphatic hydroxyl groups excluding tert-OH is 4. The normalized spacial score (nSPS) is 28.0. The quantitative estimate of drug-likeness (QED) is 0.318. The third kappa shape index (κ3) is 5.24. The van der Waals surface area contributed by atoms with Gasteiger partial charge in [-0.25, -0.2) is 8.42 Å². The molecule has 2 saturated heterocycles. The highest BCUT2D eigenvalue weighted by atomic mass is 32.2. The molecule has 0 radical (unpaired) electrons. The fourth-order valence-corrected chi connectivity index (χ4v) is 5.80. The standard InChI is InChI=1S/C24H29N3O8S/c1-14(15-2-3-17-11-18(5-4-16(17)10-15)27-6-8-34-9-7-27)20(12-25)36(32,33)26-21-23(30)22(29)19(13-28)35-24(21)31/h2-5,10-11,19,21-24,26,28-31H,6-9,13H2,1H3/b20-14+/t19-,21-,22-,23-,24?/m1/s1. The van der Waals surface area contributed by atoms with E-state index in [1.54, 1.807) is 18.2 Å². The molecule has 0 aliphatic carbocycles. The summed E-state index contributed by atoms with van der Waals surface area (Å²) in [4.78, 5) is 1.62. The highest BCUT2D eigenvalue weighted by Gasteiger charge is 2.45. The van der Waals surface area contributed by atoms with Gasteiger partial charge in [0.25, 0.3) is 10.0 Å². The van der Waals surface area contributed by atoms with Gasteiger partial charge < -0.3 is 34.8 Å². The van der Waals surface area contributed by atoms with Crippen molar-refractivity contribution in [2.75, 3.05) is 37.8 Å². The molecule has 0 bridgehead atoms. The summed E-state index contributed by atoms with van der Waals surface area (Å²) < 4.78 is 38.6. The van der Waals surface area contributed by atoms with Gasteiger partial charge in [-0.3, -0.25) is 0 Å². The van der Waals surface area contributed by atoms with Crippen molar-refractivity contribution in [3.8, 4) is 6.07 Å². The van der Waals surface area contributed by atoms with Crippen LogP contribution in [0, 0.1) is 11.3 Å². The van der Waals surface area contributed by atoms with Crippen molar-refractivity contribution in [2.24, 2.45) is 0 Å². The summed E-state index contributed by atoms with van der Waals surface area (Å²) in [5.41, 5.74) is 1.73. The number of ether oxygens (including phenoxy) is 2. The largest absolute Gasteiger partial charge is 0.394 e. The van der Waals surface area contributed by atoms with Crippen molar-refractivity contribution < 1.29 is 38.3 Å². The van der Waals surface area contributed by atoms with Gasteiger partial charge in [0.15, 0.2) is 11.2 Å². The van der Waals surface area contributed by atoms with Gasteiger partial charge in [-0.05, 0) is 47.0 Å². The second kappa shape index (κ2) is 10.8. The van der Waals surface area contributed by atoms with Crippen LogP contribution in [-0.2, 0) is 19.5 Å². The molecule has 0 spiro atoms. The number of hydrogen-bond acceptors (Lipinski definition) is 10. The van der Waals surface area contributed by atoms with E-state index in [1.807, 2.05) is 24.3 Å². The first-order chi connectivity index (χ1) is 17.2. The van der Waals surface area contributed by atoms with Gasteiger partial charge in [-0.1, -0.05) is 18.2 Å². The number of nitrogens with zero attached hydrogens (tertiary/aromatic N) is 2. The number of hydrogen-bond donors (Lipinski definition) is 5. The molecule has 5 N–H and O–H groups in total. The van der Waals surface area contributed by atoms with Gasteiger partial charge in [-0.2, -0.15) is 9.98 Å². The van der Waals surface area contributed by atoms with E-state index >= 15 is 0 Å². The Morgan fingerprint density at radius 1 is 1.11 bits per heavy atom. The first-order valence-electron chi connectivity index (χ1n) is 11.5. The van der Waals surface area contributed by atoms with E-state index in [9.17, 15) is 34.1 Å². The van der Waals surface area contributed by atoms with Gasteiger partial charge in [0, 0.05) is 18.8 Å². The number of morpholine rings is 1. The lowest BCUT2D eigenvalue weighted by molar-refractivity contribution is -0.251. The molecule has 0 saturated carbocycles. The van der Waals surface area contributed by atoms with Crippen molar-refractivity contribution in [3.63, 3.8) is 0 Å². The molecular formula is C24H29N3O8S. The number of sulfonamides is 1. The maximum Gasteiger partial charge on any atom is 0.251 e. The number of benzene rings is 2. The molecule has 5 atom stereocenters. The van der Waals surface area contributed by atoms with Gasteiger partial charge in [0.2, 0.25) is 0 Å². The van der Waals surface area contributed by atoms with E-state index in [0.717, 1.165) is 29.5 Å². The lowest BCUT2D eigenvalue weighted by Gasteiger charge is -2.40. The van der Waals surface area contributed by atoms with Crippen LogP contribution in [0.4, 0.5) is 5.69 Å². The van der Waals surface area contributed by atoms with Gasteiger partial charge in [0.1, 0.15) is 30.4 Å². The van der Waals surface area contributed by atoms with Crippen LogP contribution in [-0.4, -0.2) is 92.4 Å². The fraction of sp³-hybridized carbons (Fsp3) is 0.458. The summed E-state index contributed by atoms with van der Waals surface area (Å²) in [6.07, 6.45) is -6.56. The van der Waals surface area contributed by atoms with Crippen LogP contribution in [0.15, 0.2) is 41.3 Å². The average molecular weight is 520 g/mol. The molecule has 4 rings (SSSR count). The summed E-state index contributed by atoms with van der Waals surface area (Å²) in [6.45, 7) is 3.74. The first kappa shape index (κ1) is 26.5. The molecule has 11 nitrogen and oxygen atoms in total. The summed E-state index contributed by atoms with van der Waals surface area (Å²) in [7, 11) is -4.53. The molecular weight excluding hydrogens is 490 g/mol. The predicted molar refractivity (Wildman–Crippen MR) is 131 cm³/mol. The van der Waals surface area contributed by atoms with Gasteiger partial charge >= 0.3 is 0 Å². The number of rotatable bonds is 6. The van der Waals surface area contributed by atoms with Crippen molar-refractivity contribution in [3.05, 3.63) is 46.9 Å². The monoisotopic (exact) mass is 519 g/mol. The molecule has 2 aromatic carbocycles. The maximum atomic E-state index is 13.1. The number of fused-ring (bicyclic) bond motifs is 1. The van der Waals surface area contributed by atoms with Crippen LogP contribution >= 0.6 is 0 Å². The van der Waals surface area contributed by atoms with Gasteiger partial charge in [0.05, 0.1) is 19.8 Å². The SMILES string of the molecule is C/C(=C(/C#N)S(=O)(=O)N[C@H]1C(O)O[C@H](CO)[C@@H](O)[C@@H]1O)c1ccc2cc(N3CCOCC3)ccc2c1. The molecule has 12 heteroatoms. The molecule has 2 heterocycles. The minimum atomic E-state index is -4.53. The summed E-state index contributed by atoms with van der Waals surface area (Å²) >= 11 is 0. The lowest BCUT2D eigenvalue weighted by Crippen LogP contribution is -2.64. The Labute approximate surface area is 208 Å². The summed E-state index contributed by atoms with van der Waals surface area (Å²) in [5.74, 6) is 0. The highest BCUT2D eigenvalue weighted by molar-refractivity contribution is 7.93. The average Bonchev–Trinajstić information content (AvgIpc) is 2.88. The maximum absolute atomic E-state index is 13.1. The van der Waals surface area contributed by atoms with Crippen molar-refractivity contribution in [1.29, 1.82) is 5.26 Å². The molecule has 2 fully saturated rings. The van der Waals surface area contributed by atoms with Crippen molar-refractivity contribution in [2.45, 2.75) is 37.6 Å².